The fourth-order valence-corrected chi connectivity index (χ4v) is 2.60. The van der Waals surface area contributed by atoms with Gasteiger partial charge in [0.2, 0.25) is 17.7 Å². The van der Waals surface area contributed by atoms with Crippen LogP contribution in [0, 0.1) is 0 Å². The van der Waals surface area contributed by atoms with Crippen LogP contribution in [-0.2, 0) is 23.9 Å². The first-order valence-corrected chi connectivity index (χ1v) is 9.03. The first-order valence-electron chi connectivity index (χ1n) is 9.03. The number of anilines is 1. The average molecular weight is 389 g/mol. The number of ether oxygens (including phenoxy) is 1. The fraction of sp³-hybridized carbons (Fsp3) is 0.421. The third-order valence-electron chi connectivity index (χ3n) is 4.05. The van der Waals surface area contributed by atoms with Crippen molar-refractivity contribution in [2.24, 2.45) is 0 Å². The van der Waals surface area contributed by atoms with Crippen LogP contribution in [0.1, 0.15) is 43.5 Å². The summed E-state index contributed by atoms with van der Waals surface area (Å²) in [6.07, 6.45) is 1.05. The van der Waals surface area contributed by atoms with Crippen LogP contribution in [0.5, 0.6) is 0 Å². The fourth-order valence-electron chi connectivity index (χ4n) is 2.60. The minimum atomic E-state index is -0.779. The van der Waals surface area contributed by atoms with Crippen LogP contribution in [0.4, 0.5) is 5.69 Å². The molecule has 4 amide bonds. The van der Waals surface area contributed by atoms with Crippen molar-refractivity contribution in [2.45, 2.75) is 39.2 Å². The lowest BCUT2D eigenvalue weighted by Crippen LogP contribution is -2.46. The van der Waals surface area contributed by atoms with Gasteiger partial charge >= 0.3 is 5.97 Å². The topological polar surface area (TPSA) is 122 Å². The lowest BCUT2D eigenvalue weighted by Gasteiger charge is -2.15. The lowest BCUT2D eigenvalue weighted by molar-refractivity contribution is -0.130. The van der Waals surface area contributed by atoms with Gasteiger partial charge in [-0.05, 0) is 31.5 Å². The van der Waals surface area contributed by atoms with Crippen molar-refractivity contribution in [2.75, 3.05) is 18.1 Å². The first-order chi connectivity index (χ1) is 13.3. The molecule has 1 atom stereocenters. The Labute approximate surface area is 162 Å². The number of imide groups is 1. The van der Waals surface area contributed by atoms with E-state index >= 15 is 0 Å². The third-order valence-corrected chi connectivity index (χ3v) is 4.05. The molecule has 1 aromatic rings. The Bertz CT molecular complexity index is 776. The lowest BCUT2D eigenvalue weighted by atomic mass is 10.2. The van der Waals surface area contributed by atoms with E-state index in [0.717, 1.165) is 11.3 Å². The summed E-state index contributed by atoms with van der Waals surface area (Å²) in [6.45, 7) is 3.38. The zero-order chi connectivity index (χ0) is 20.7. The Hall–Kier alpha value is -3.23. The summed E-state index contributed by atoms with van der Waals surface area (Å²) in [7, 11) is 0. The monoisotopic (exact) mass is 389 g/mol. The molecule has 2 rings (SSSR count). The summed E-state index contributed by atoms with van der Waals surface area (Å²) >= 11 is 0. The van der Waals surface area contributed by atoms with Gasteiger partial charge in [0.15, 0.2) is 6.61 Å². The average Bonchev–Trinajstić information content (AvgIpc) is 3.02. The molecule has 0 aliphatic carbocycles. The highest BCUT2D eigenvalue weighted by Crippen LogP contribution is 2.23. The van der Waals surface area contributed by atoms with Crippen LogP contribution in [0.15, 0.2) is 24.3 Å². The number of carbonyl (C=O) groups is 5. The second-order valence-corrected chi connectivity index (χ2v) is 6.33. The van der Waals surface area contributed by atoms with Gasteiger partial charge in [-0.25, -0.2) is 4.79 Å². The number of hydrogen-bond acceptors (Lipinski definition) is 6. The van der Waals surface area contributed by atoms with Crippen molar-refractivity contribution in [3.63, 3.8) is 0 Å². The van der Waals surface area contributed by atoms with Crippen LogP contribution in [-0.4, -0.2) is 48.8 Å². The highest BCUT2D eigenvalue weighted by molar-refractivity contribution is 6.20. The molecule has 1 heterocycles. The molecule has 9 nitrogen and oxygen atoms in total. The molecule has 150 valence electrons. The second kappa shape index (κ2) is 9.63. The molecule has 9 heteroatoms. The van der Waals surface area contributed by atoms with Gasteiger partial charge in [-0.2, -0.15) is 0 Å². The van der Waals surface area contributed by atoms with Gasteiger partial charge in [-0.3, -0.25) is 24.1 Å². The van der Waals surface area contributed by atoms with E-state index in [1.165, 1.54) is 25.1 Å². The molecule has 0 aromatic heterocycles. The van der Waals surface area contributed by atoms with Crippen molar-refractivity contribution < 1.29 is 28.7 Å². The van der Waals surface area contributed by atoms with Gasteiger partial charge in [0.1, 0.15) is 6.04 Å². The summed E-state index contributed by atoms with van der Waals surface area (Å²) in [5.74, 6) is -2.38. The number of hydrogen-bond donors (Lipinski definition) is 2. The SMILES string of the molecule is CCCNC(=O)[C@@H](C)NC(=O)COC(=O)c1cccc(N2C(=O)CCC2=O)c1. The summed E-state index contributed by atoms with van der Waals surface area (Å²) < 4.78 is 4.95. The van der Waals surface area contributed by atoms with E-state index in [0.29, 0.717) is 6.54 Å². The van der Waals surface area contributed by atoms with E-state index in [4.69, 9.17) is 4.74 Å². The number of rotatable bonds is 8. The van der Waals surface area contributed by atoms with Gasteiger partial charge in [-0.15, -0.1) is 0 Å². The van der Waals surface area contributed by atoms with Crippen molar-refractivity contribution in [3.8, 4) is 0 Å². The van der Waals surface area contributed by atoms with Gasteiger partial charge in [-0.1, -0.05) is 13.0 Å². The molecular formula is C19H23N3O6. The minimum Gasteiger partial charge on any atom is -0.452 e. The van der Waals surface area contributed by atoms with Crippen molar-refractivity contribution in [3.05, 3.63) is 29.8 Å². The molecule has 1 saturated heterocycles. The summed E-state index contributed by atoms with van der Waals surface area (Å²) in [4.78, 5) is 60.4. The Morgan fingerprint density at radius 2 is 1.86 bits per heavy atom. The summed E-state index contributed by atoms with van der Waals surface area (Å²) in [5, 5.41) is 5.08. The van der Waals surface area contributed by atoms with E-state index in [-0.39, 0.29) is 41.8 Å². The van der Waals surface area contributed by atoms with E-state index in [1.807, 2.05) is 6.92 Å². The molecular weight excluding hydrogens is 366 g/mol. The molecule has 1 aliphatic rings. The molecule has 28 heavy (non-hydrogen) atoms. The normalized spacial score (nSPS) is 14.6. The molecule has 0 radical (unpaired) electrons. The predicted molar refractivity (Wildman–Crippen MR) is 99.4 cm³/mol. The highest BCUT2D eigenvalue weighted by Gasteiger charge is 2.30. The number of esters is 1. The first kappa shape index (κ1) is 21.1. The van der Waals surface area contributed by atoms with E-state index in [9.17, 15) is 24.0 Å². The number of carbonyl (C=O) groups excluding carboxylic acids is 5. The molecule has 0 spiro atoms. The maximum atomic E-state index is 12.2. The van der Waals surface area contributed by atoms with E-state index < -0.39 is 24.5 Å². The van der Waals surface area contributed by atoms with Gasteiger partial charge in [0, 0.05) is 19.4 Å². The Kier molecular flexibility index (Phi) is 7.25. The van der Waals surface area contributed by atoms with Gasteiger partial charge in [0.05, 0.1) is 11.3 Å². The maximum Gasteiger partial charge on any atom is 0.338 e. The molecule has 1 aromatic carbocycles. The quantitative estimate of drug-likeness (QED) is 0.494. The highest BCUT2D eigenvalue weighted by atomic mass is 16.5. The van der Waals surface area contributed by atoms with Gasteiger partial charge < -0.3 is 15.4 Å². The number of benzene rings is 1. The summed E-state index contributed by atoms with van der Waals surface area (Å²) in [5.41, 5.74) is 0.388. The zero-order valence-electron chi connectivity index (χ0n) is 15.8. The van der Waals surface area contributed by atoms with Gasteiger partial charge in [0.25, 0.3) is 5.91 Å². The van der Waals surface area contributed by atoms with Crippen LogP contribution in [0.3, 0.4) is 0 Å². The Morgan fingerprint density at radius 1 is 1.18 bits per heavy atom. The molecule has 0 bridgehead atoms. The predicted octanol–water partition coefficient (Wildman–Crippen LogP) is 0.528. The van der Waals surface area contributed by atoms with E-state index in [1.54, 1.807) is 6.07 Å². The summed E-state index contributed by atoms with van der Waals surface area (Å²) in [6, 6.07) is 5.12. The molecule has 2 N–H and O–H groups in total. The Balaban J connectivity index is 1.90. The van der Waals surface area contributed by atoms with Crippen molar-refractivity contribution in [1.29, 1.82) is 0 Å². The number of nitrogens with one attached hydrogen (secondary N) is 2. The number of nitrogens with zero attached hydrogens (tertiary/aromatic N) is 1. The minimum absolute atomic E-state index is 0.103. The van der Waals surface area contributed by atoms with Crippen LogP contribution >= 0.6 is 0 Å². The van der Waals surface area contributed by atoms with Crippen LogP contribution < -0.4 is 15.5 Å². The van der Waals surface area contributed by atoms with E-state index in [2.05, 4.69) is 10.6 Å². The third kappa shape index (κ3) is 5.38. The largest absolute Gasteiger partial charge is 0.452 e. The number of amides is 4. The second-order valence-electron chi connectivity index (χ2n) is 6.33. The van der Waals surface area contributed by atoms with Crippen molar-refractivity contribution in [1.82, 2.24) is 10.6 Å². The molecule has 1 aliphatic heterocycles. The van der Waals surface area contributed by atoms with Crippen molar-refractivity contribution >= 4 is 35.3 Å². The van der Waals surface area contributed by atoms with Crippen LogP contribution in [0.2, 0.25) is 0 Å². The zero-order valence-corrected chi connectivity index (χ0v) is 15.8. The standard InChI is InChI=1S/C19H23N3O6/c1-3-9-20-18(26)12(2)21-15(23)11-28-19(27)13-5-4-6-14(10-13)22-16(24)7-8-17(22)25/h4-6,10,12H,3,7-9,11H2,1-2H3,(H,20,26)(H,21,23)/t12-/m1/s1. The Morgan fingerprint density at radius 3 is 2.50 bits per heavy atom. The maximum absolute atomic E-state index is 12.2. The smallest absolute Gasteiger partial charge is 0.338 e. The van der Waals surface area contributed by atoms with Crippen LogP contribution in [0.25, 0.3) is 0 Å². The molecule has 1 fully saturated rings. The molecule has 0 saturated carbocycles. The molecule has 0 unspecified atom stereocenters.